The number of alkyl halides is 2. The van der Waals surface area contributed by atoms with Crippen molar-refractivity contribution in [2.45, 2.75) is 62.5 Å². The van der Waals surface area contributed by atoms with Crippen LogP contribution in [-0.4, -0.2) is 61.8 Å². The first-order chi connectivity index (χ1) is 13.3. The molecule has 0 aromatic heterocycles. The minimum absolute atomic E-state index is 0. The first-order valence-corrected chi connectivity index (χ1v) is 11.0. The van der Waals surface area contributed by atoms with Crippen molar-refractivity contribution in [3.8, 4) is 0 Å². The van der Waals surface area contributed by atoms with Gasteiger partial charge in [0, 0.05) is 24.3 Å². The quantitative estimate of drug-likeness (QED) is 0.166. The van der Waals surface area contributed by atoms with Crippen LogP contribution in [0.3, 0.4) is 0 Å². The number of rotatable bonds is 14. The van der Waals surface area contributed by atoms with Crippen LogP contribution >= 0.6 is 23.2 Å². The number of halogens is 3. The van der Waals surface area contributed by atoms with Gasteiger partial charge in [-0.15, -0.1) is 23.2 Å². The van der Waals surface area contributed by atoms with E-state index in [2.05, 4.69) is 21.0 Å². The van der Waals surface area contributed by atoms with Crippen molar-refractivity contribution >= 4 is 29.2 Å². The molecule has 1 aromatic carbocycles. The maximum atomic E-state index is 12.2. The standard InChI is InChI=1S/C22H36Cl2NO3.BrH/c1-5-6-12-19(23)13-14-20(24)15-16-25(2,3)17-21(27-4)28-22(26)18-10-8-7-9-11-18;/h7-11,19-21H,5-6,12-17H2,1-4H3;1H/q+1;/p-1. The number of quaternary nitrogens is 1. The van der Waals surface area contributed by atoms with E-state index in [1.807, 2.05) is 18.2 Å². The Labute approximate surface area is 197 Å². The summed E-state index contributed by atoms with van der Waals surface area (Å²) in [6, 6.07) is 8.96. The molecule has 0 saturated heterocycles. The molecular formula is C22H36BrCl2NO3. The van der Waals surface area contributed by atoms with E-state index in [1.54, 1.807) is 19.2 Å². The maximum absolute atomic E-state index is 12.2. The summed E-state index contributed by atoms with van der Waals surface area (Å²) in [4.78, 5) is 12.2. The molecule has 4 nitrogen and oxygen atoms in total. The molecule has 0 radical (unpaired) electrons. The zero-order valence-corrected chi connectivity index (χ0v) is 21.2. The molecule has 1 rings (SSSR count). The first kappa shape index (κ1) is 28.7. The molecule has 3 unspecified atom stereocenters. The van der Waals surface area contributed by atoms with Crippen molar-refractivity contribution in [1.29, 1.82) is 0 Å². The van der Waals surface area contributed by atoms with Gasteiger partial charge in [-0.25, -0.2) is 4.79 Å². The Balaban J connectivity index is 0.00000784. The van der Waals surface area contributed by atoms with Gasteiger partial charge in [0.1, 0.15) is 6.54 Å². The van der Waals surface area contributed by atoms with Gasteiger partial charge in [-0.05, 0) is 31.4 Å². The van der Waals surface area contributed by atoms with Crippen molar-refractivity contribution in [2.24, 2.45) is 0 Å². The monoisotopic (exact) mass is 511 g/mol. The van der Waals surface area contributed by atoms with Crippen molar-refractivity contribution in [1.82, 2.24) is 0 Å². The van der Waals surface area contributed by atoms with Crippen molar-refractivity contribution in [3.05, 3.63) is 35.9 Å². The lowest BCUT2D eigenvalue weighted by atomic mass is 10.1. The summed E-state index contributed by atoms with van der Waals surface area (Å²) in [5, 5.41) is 0.326. The SMILES string of the molecule is CCCCC(Cl)CCC(Cl)CC[N+](C)(C)CC(OC)OC(=O)c1ccccc1.[Br-]. The normalized spacial score (nSPS) is 14.6. The predicted octanol–water partition coefficient (Wildman–Crippen LogP) is 2.47. The summed E-state index contributed by atoms with van der Waals surface area (Å²) in [6.45, 7) is 3.62. The topological polar surface area (TPSA) is 35.5 Å². The second kappa shape index (κ2) is 15.5. The number of unbranched alkanes of at least 4 members (excludes halogenated alkanes) is 1. The van der Waals surface area contributed by atoms with Gasteiger partial charge in [-0.3, -0.25) is 0 Å². The molecule has 1 aromatic rings. The molecule has 0 heterocycles. The average Bonchev–Trinajstić information content (AvgIpc) is 2.69. The van der Waals surface area contributed by atoms with Crippen LogP contribution in [0.5, 0.6) is 0 Å². The summed E-state index contributed by atoms with van der Waals surface area (Å²) in [5.41, 5.74) is 0.523. The molecular weight excluding hydrogens is 477 g/mol. The molecule has 0 bridgehead atoms. The van der Waals surface area contributed by atoms with Gasteiger partial charge < -0.3 is 30.9 Å². The van der Waals surface area contributed by atoms with E-state index in [1.165, 1.54) is 12.8 Å². The molecule has 0 amide bonds. The Morgan fingerprint density at radius 3 is 2.17 bits per heavy atom. The van der Waals surface area contributed by atoms with Crippen LogP contribution in [0.25, 0.3) is 0 Å². The van der Waals surface area contributed by atoms with E-state index in [4.69, 9.17) is 32.7 Å². The van der Waals surface area contributed by atoms with Crippen LogP contribution in [0, 0.1) is 0 Å². The highest BCUT2D eigenvalue weighted by Crippen LogP contribution is 2.20. The molecule has 0 saturated carbocycles. The lowest BCUT2D eigenvalue weighted by molar-refractivity contribution is -0.896. The van der Waals surface area contributed by atoms with Gasteiger partial charge >= 0.3 is 5.97 Å². The van der Waals surface area contributed by atoms with Crippen LogP contribution in [0.15, 0.2) is 30.3 Å². The molecule has 7 heteroatoms. The van der Waals surface area contributed by atoms with Gasteiger partial charge in [-0.1, -0.05) is 38.0 Å². The second-order valence-electron chi connectivity index (χ2n) is 7.98. The van der Waals surface area contributed by atoms with Gasteiger partial charge in [0.25, 0.3) is 6.29 Å². The molecule has 0 aliphatic carbocycles. The zero-order chi connectivity index (χ0) is 21.0. The van der Waals surface area contributed by atoms with E-state index in [-0.39, 0.29) is 33.7 Å². The van der Waals surface area contributed by atoms with Crippen LogP contribution in [-0.2, 0) is 9.47 Å². The van der Waals surface area contributed by atoms with Gasteiger partial charge in [0.15, 0.2) is 0 Å². The molecule has 3 atom stereocenters. The van der Waals surface area contributed by atoms with E-state index in [9.17, 15) is 4.79 Å². The fourth-order valence-corrected chi connectivity index (χ4v) is 3.49. The third kappa shape index (κ3) is 12.8. The number of esters is 1. The number of likely N-dealkylation sites (N-methyl/N-ethyl adjacent to an activating group) is 1. The number of ether oxygens (including phenoxy) is 2. The number of hydrogen-bond acceptors (Lipinski definition) is 3. The first-order valence-electron chi connectivity index (χ1n) is 10.2. The van der Waals surface area contributed by atoms with E-state index in [0.717, 1.165) is 32.2 Å². The highest BCUT2D eigenvalue weighted by Gasteiger charge is 2.26. The fraction of sp³-hybridized carbons (Fsp3) is 0.682. The summed E-state index contributed by atoms with van der Waals surface area (Å²) in [7, 11) is 5.75. The number of methoxy groups -OCH3 is 1. The third-order valence-corrected chi connectivity index (χ3v) is 5.74. The van der Waals surface area contributed by atoms with Gasteiger partial charge in [-0.2, -0.15) is 0 Å². The van der Waals surface area contributed by atoms with Crippen LogP contribution < -0.4 is 17.0 Å². The highest BCUT2D eigenvalue weighted by atomic mass is 79.9. The lowest BCUT2D eigenvalue weighted by Crippen LogP contribution is -3.00. The molecule has 29 heavy (non-hydrogen) atoms. The molecule has 0 fully saturated rings. The lowest BCUT2D eigenvalue weighted by Gasteiger charge is -2.33. The minimum atomic E-state index is -0.599. The predicted molar refractivity (Wildman–Crippen MR) is 117 cm³/mol. The number of hydrogen-bond donors (Lipinski definition) is 0. The maximum Gasteiger partial charge on any atom is 0.340 e. The van der Waals surface area contributed by atoms with Crippen molar-refractivity contribution < 1.29 is 35.7 Å². The van der Waals surface area contributed by atoms with Gasteiger partial charge in [0.05, 0.1) is 26.2 Å². The fourth-order valence-electron chi connectivity index (χ4n) is 2.98. The van der Waals surface area contributed by atoms with E-state index in [0.29, 0.717) is 16.6 Å². The molecule has 0 aliphatic rings. The number of benzene rings is 1. The van der Waals surface area contributed by atoms with Crippen LogP contribution in [0.2, 0.25) is 0 Å². The van der Waals surface area contributed by atoms with Crippen LogP contribution in [0.4, 0.5) is 0 Å². The number of carbonyl (C=O) groups is 1. The molecule has 0 spiro atoms. The Morgan fingerprint density at radius 2 is 1.62 bits per heavy atom. The molecule has 0 aliphatic heterocycles. The average molecular weight is 513 g/mol. The third-order valence-electron chi connectivity index (χ3n) is 4.87. The molecule has 0 N–H and O–H groups in total. The van der Waals surface area contributed by atoms with E-state index < -0.39 is 6.29 Å². The Hall–Kier alpha value is -0.330. The Morgan fingerprint density at radius 1 is 1.03 bits per heavy atom. The van der Waals surface area contributed by atoms with E-state index >= 15 is 0 Å². The summed E-state index contributed by atoms with van der Waals surface area (Å²) in [6.07, 6.45) is 5.58. The zero-order valence-electron chi connectivity index (χ0n) is 18.1. The summed E-state index contributed by atoms with van der Waals surface area (Å²) < 4.78 is 11.6. The number of carbonyl (C=O) groups excluding carboxylic acids is 1. The summed E-state index contributed by atoms with van der Waals surface area (Å²) in [5.74, 6) is -0.372. The van der Waals surface area contributed by atoms with Crippen LogP contribution in [0.1, 0.15) is 55.8 Å². The second-order valence-corrected chi connectivity index (χ2v) is 9.22. The Bertz CT molecular complexity index is 560. The van der Waals surface area contributed by atoms with Crippen molar-refractivity contribution in [3.63, 3.8) is 0 Å². The number of nitrogens with zero attached hydrogens (tertiary/aromatic N) is 1. The van der Waals surface area contributed by atoms with Crippen molar-refractivity contribution in [2.75, 3.05) is 34.3 Å². The van der Waals surface area contributed by atoms with Gasteiger partial charge in [0.2, 0.25) is 0 Å². The summed E-state index contributed by atoms with van der Waals surface area (Å²) >= 11 is 12.9. The smallest absolute Gasteiger partial charge is 0.340 e. The largest absolute Gasteiger partial charge is 1.00 e. The highest BCUT2D eigenvalue weighted by molar-refractivity contribution is 6.21. The molecule has 168 valence electrons. The Kier molecular flexibility index (Phi) is 15.3. The minimum Gasteiger partial charge on any atom is -1.00 e.